The molecule has 0 bridgehead atoms. The zero-order chi connectivity index (χ0) is 37.0. The molecule has 2 saturated heterocycles. The molecule has 2 heterocycles. The Morgan fingerprint density at radius 1 is 1.06 bits per heavy atom. The third-order valence-corrected chi connectivity index (χ3v) is 11.3. The Morgan fingerprint density at radius 2 is 1.72 bits per heavy atom. The van der Waals surface area contributed by atoms with Crippen LogP contribution in [0.5, 0.6) is 0 Å². The predicted molar refractivity (Wildman–Crippen MR) is 195 cm³/mol. The van der Waals surface area contributed by atoms with Gasteiger partial charge < -0.3 is 34.1 Å². The second kappa shape index (κ2) is 19.5. The number of sulfonamides is 1. The maximum Gasteiger partial charge on any atom is 0.410 e. The predicted octanol–water partition coefficient (Wildman–Crippen LogP) is 4.61. The number of piperazine rings is 1. The van der Waals surface area contributed by atoms with Gasteiger partial charge in [-0.25, -0.2) is 21.9 Å². The Kier molecular flexibility index (Phi) is 16.1. The smallest absolute Gasteiger partial charge is 0.410 e. The Morgan fingerprint density at radius 3 is 2.30 bits per heavy atom. The van der Waals surface area contributed by atoms with Crippen molar-refractivity contribution in [2.24, 2.45) is 17.8 Å². The summed E-state index contributed by atoms with van der Waals surface area (Å²) in [5.41, 5.74) is 2.07. The van der Waals surface area contributed by atoms with Crippen LogP contribution < -0.4 is 4.90 Å². The zero-order valence-electron chi connectivity index (χ0n) is 30.5. The largest absolute Gasteiger partial charge is 0.442 e. The van der Waals surface area contributed by atoms with E-state index in [1.165, 1.54) is 22.7 Å². The lowest BCUT2D eigenvalue weighted by Crippen LogP contribution is -2.48. The maximum atomic E-state index is 15.0. The second-order valence-corrected chi connectivity index (χ2v) is 15.9. The summed E-state index contributed by atoms with van der Waals surface area (Å²) in [5, 5.41) is 10.1. The number of hydrogen-bond acceptors (Lipinski definition) is 9. The first-order chi connectivity index (χ1) is 23.7. The van der Waals surface area contributed by atoms with Crippen LogP contribution in [0, 0.1) is 23.6 Å². The van der Waals surface area contributed by atoms with Crippen LogP contribution in [0.25, 0.3) is 6.08 Å². The number of aldehydes is 2. The maximum absolute atomic E-state index is 15.0. The minimum atomic E-state index is -3.26. The van der Waals surface area contributed by atoms with Gasteiger partial charge in [0.25, 0.3) is 0 Å². The number of ether oxygens (including phenoxy) is 1. The van der Waals surface area contributed by atoms with Crippen molar-refractivity contribution in [1.82, 2.24) is 14.1 Å². The number of aliphatic hydroxyl groups excluding tert-OH is 1. The molecular formula is C37H57FN4O7S. The van der Waals surface area contributed by atoms with E-state index in [1.54, 1.807) is 4.90 Å². The minimum absolute atomic E-state index is 0.0476. The van der Waals surface area contributed by atoms with Gasteiger partial charge in [0.1, 0.15) is 24.5 Å². The lowest BCUT2D eigenvalue weighted by atomic mass is 9.86. The summed E-state index contributed by atoms with van der Waals surface area (Å²) in [6, 6.07) is 4.89. The fourth-order valence-corrected chi connectivity index (χ4v) is 7.64. The van der Waals surface area contributed by atoms with Crippen LogP contribution in [-0.2, 0) is 24.3 Å². The molecule has 1 amide bonds. The molecule has 11 nitrogen and oxygen atoms in total. The van der Waals surface area contributed by atoms with E-state index in [2.05, 4.69) is 9.80 Å². The number of carbonyl (C=O) groups is 3. The Bertz CT molecular complexity index is 1440. The van der Waals surface area contributed by atoms with Crippen LogP contribution in [0.1, 0.15) is 65.4 Å². The monoisotopic (exact) mass is 720 g/mol. The van der Waals surface area contributed by atoms with Crippen LogP contribution in [0.4, 0.5) is 14.9 Å². The lowest BCUT2D eigenvalue weighted by Gasteiger charge is -2.38. The number of rotatable bonds is 17. The molecular weight excluding hydrogens is 663 g/mol. The van der Waals surface area contributed by atoms with Gasteiger partial charge in [0, 0.05) is 69.9 Å². The molecule has 1 N–H and O–H groups in total. The highest BCUT2D eigenvalue weighted by Crippen LogP contribution is 2.29. The molecule has 5 atom stereocenters. The van der Waals surface area contributed by atoms with Crippen LogP contribution in [0.15, 0.2) is 35.9 Å². The van der Waals surface area contributed by atoms with Crippen molar-refractivity contribution in [1.29, 1.82) is 0 Å². The van der Waals surface area contributed by atoms with Crippen molar-refractivity contribution in [3.8, 4) is 0 Å². The van der Waals surface area contributed by atoms with Crippen molar-refractivity contribution < 1.29 is 37.0 Å². The fourth-order valence-electron chi connectivity index (χ4n) is 6.77. The number of allylic oxidation sites excluding steroid dienone is 2. The van der Waals surface area contributed by atoms with E-state index in [0.29, 0.717) is 75.9 Å². The number of benzene rings is 1. The van der Waals surface area contributed by atoms with Gasteiger partial charge in [0.05, 0.1) is 12.4 Å². The molecule has 0 spiro atoms. The number of carbonyl (C=O) groups excluding carboxylic acids is 3. The molecule has 0 saturated carbocycles. The number of nitrogens with zero attached hydrogens (tertiary/aromatic N) is 4. The third kappa shape index (κ3) is 12.3. The zero-order valence-corrected chi connectivity index (χ0v) is 31.4. The molecule has 1 aromatic carbocycles. The quantitative estimate of drug-likeness (QED) is 0.181. The first-order valence-corrected chi connectivity index (χ1v) is 19.6. The summed E-state index contributed by atoms with van der Waals surface area (Å²) >= 11 is 0. The van der Waals surface area contributed by atoms with Gasteiger partial charge in [-0.3, -0.25) is 0 Å². The van der Waals surface area contributed by atoms with E-state index in [-0.39, 0.29) is 24.3 Å². The Hall–Kier alpha value is -3.13. The van der Waals surface area contributed by atoms with E-state index in [1.807, 2.05) is 59.0 Å². The molecule has 2 fully saturated rings. The topological polar surface area (TPSA) is 128 Å². The van der Waals surface area contributed by atoms with Gasteiger partial charge in [0.15, 0.2) is 0 Å². The summed E-state index contributed by atoms with van der Waals surface area (Å²) in [6.45, 7) is 11.8. The van der Waals surface area contributed by atoms with Crippen LogP contribution in [0.3, 0.4) is 0 Å². The van der Waals surface area contributed by atoms with Crippen LogP contribution in [0.2, 0.25) is 0 Å². The normalized spacial score (nSPS) is 20.2. The van der Waals surface area contributed by atoms with E-state index < -0.39 is 40.1 Å². The van der Waals surface area contributed by atoms with Crippen molar-refractivity contribution in [3.05, 3.63) is 47.3 Å². The van der Waals surface area contributed by atoms with Crippen molar-refractivity contribution in [2.45, 2.75) is 78.0 Å². The lowest BCUT2D eigenvalue weighted by molar-refractivity contribution is -0.111. The van der Waals surface area contributed by atoms with Crippen LogP contribution in [-0.4, -0.2) is 124 Å². The summed E-state index contributed by atoms with van der Waals surface area (Å²) in [6.07, 6.45) is 8.74. The molecule has 0 aliphatic carbocycles. The van der Waals surface area contributed by atoms with E-state index in [0.717, 1.165) is 24.9 Å². The third-order valence-electron chi connectivity index (χ3n) is 10.0. The fraction of sp³-hybridized carbons (Fsp3) is 0.649. The van der Waals surface area contributed by atoms with Gasteiger partial charge >= 0.3 is 6.09 Å². The van der Waals surface area contributed by atoms with Gasteiger partial charge in [-0.2, -0.15) is 0 Å². The van der Waals surface area contributed by atoms with E-state index in [9.17, 15) is 32.3 Å². The molecule has 2 aliphatic heterocycles. The van der Waals surface area contributed by atoms with Gasteiger partial charge in [0.2, 0.25) is 10.0 Å². The average molecular weight is 721 g/mol. The molecule has 0 radical (unpaired) electrons. The standard InChI is InChI=1S/C37H57FN4O7S/c1-7-42(32-12-15-41(16-13-32)50(6,47)48)33-24-30(23-31(38)25-33)22-29(4)35(26-44)27(2)9-11-36(28(3)8-10-34(45)14-21-43)49-37(46)40-19-17-39(5)18-20-40/h9,11,21-28,32,34-36,45H,7-8,10,12-20H2,1-6H3/b11-9+,29-22+/t27-,28+,34-,35-,36-/m0/s1. The highest BCUT2D eigenvalue weighted by atomic mass is 32.2. The summed E-state index contributed by atoms with van der Waals surface area (Å²) < 4.78 is 46.4. The molecule has 2 aliphatic rings. The number of halogens is 1. The number of amides is 1. The molecule has 0 aromatic heterocycles. The number of hydrogen-bond donors (Lipinski definition) is 1. The second-order valence-electron chi connectivity index (χ2n) is 14.0. The van der Waals surface area contributed by atoms with E-state index in [4.69, 9.17) is 4.74 Å². The SMILES string of the molecule is CCN(c1cc(F)cc(/C=C(\C)[C@@H](C=O)[C@@H](C)/C=C/[C@H](OC(=O)N2CCN(C)CC2)[C@H](C)CC[C@H](O)CC=O)c1)C1CCN(S(C)(=O)=O)CC1. The first-order valence-electron chi connectivity index (χ1n) is 17.8. The molecule has 280 valence electrons. The Labute approximate surface area is 298 Å². The average Bonchev–Trinajstić information content (AvgIpc) is 3.06. The van der Waals surface area contributed by atoms with Gasteiger partial charge in [-0.1, -0.05) is 31.6 Å². The molecule has 50 heavy (non-hydrogen) atoms. The van der Waals surface area contributed by atoms with Crippen molar-refractivity contribution >= 4 is 40.5 Å². The highest BCUT2D eigenvalue weighted by molar-refractivity contribution is 7.88. The minimum Gasteiger partial charge on any atom is -0.442 e. The van der Waals surface area contributed by atoms with Gasteiger partial charge in [-0.15, -0.1) is 0 Å². The number of aliphatic hydroxyl groups is 1. The highest BCUT2D eigenvalue weighted by Gasteiger charge is 2.29. The first kappa shape index (κ1) is 41.3. The molecule has 13 heteroatoms. The molecule has 0 unspecified atom stereocenters. The summed E-state index contributed by atoms with van der Waals surface area (Å²) in [5.74, 6) is -1.37. The summed E-state index contributed by atoms with van der Waals surface area (Å²) in [7, 11) is -1.25. The van der Waals surface area contributed by atoms with Crippen LogP contribution >= 0.6 is 0 Å². The van der Waals surface area contributed by atoms with Crippen molar-refractivity contribution in [2.75, 3.05) is 64.0 Å². The van der Waals surface area contributed by atoms with E-state index >= 15 is 0 Å². The number of likely N-dealkylation sites (N-methyl/N-ethyl adjacent to an activating group) is 1. The molecule has 1 aromatic rings. The van der Waals surface area contributed by atoms with Crippen molar-refractivity contribution in [3.63, 3.8) is 0 Å². The van der Waals surface area contributed by atoms with Gasteiger partial charge in [-0.05, 0) is 88.3 Å². The number of piperidine rings is 1. The molecule has 3 rings (SSSR count). The summed E-state index contributed by atoms with van der Waals surface area (Å²) in [4.78, 5) is 42.3. The Balaban J connectivity index is 1.77. The number of anilines is 1.